The monoisotopic (exact) mass is 348 g/mol. The van der Waals surface area contributed by atoms with Crippen molar-refractivity contribution in [2.45, 2.75) is 18.6 Å². The molecule has 0 radical (unpaired) electrons. The zero-order valence-corrected chi connectivity index (χ0v) is 14.2. The third-order valence-electron chi connectivity index (χ3n) is 4.17. The van der Waals surface area contributed by atoms with Gasteiger partial charge in [0.25, 0.3) is 5.91 Å². The van der Waals surface area contributed by atoms with Crippen molar-refractivity contribution in [1.82, 2.24) is 9.88 Å². The highest BCUT2D eigenvalue weighted by molar-refractivity contribution is 7.99. The Morgan fingerprint density at radius 3 is 2.92 bits per heavy atom. The number of carbonyl (C=O) groups is 1. The molecule has 3 nitrogen and oxygen atoms in total. The number of pyridine rings is 1. The Hall–Kier alpha value is -1.95. The fourth-order valence-corrected chi connectivity index (χ4v) is 4.11. The normalized spacial score (nSPS) is 18.3. The van der Waals surface area contributed by atoms with Gasteiger partial charge in [-0.05, 0) is 43.7 Å². The standard InChI is InChI=1S/C18H18F2N2OS/c1-12-14(3-2-7-21-12)18(23)22-8-6-17(24-10-9-22)15-11-13(19)4-5-16(15)20/h2-5,7,11,17H,6,8-10H2,1H3/t17-/m1/s1. The van der Waals surface area contributed by atoms with Gasteiger partial charge in [-0.2, -0.15) is 11.8 Å². The van der Waals surface area contributed by atoms with Crippen LogP contribution >= 0.6 is 11.8 Å². The average Bonchev–Trinajstić information content (AvgIpc) is 2.83. The summed E-state index contributed by atoms with van der Waals surface area (Å²) >= 11 is 1.56. The van der Waals surface area contributed by atoms with Crippen LogP contribution in [-0.2, 0) is 0 Å². The Balaban J connectivity index is 1.75. The molecule has 1 saturated heterocycles. The van der Waals surface area contributed by atoms with Crippen molar-refractivity contribution in [3.05, 3.63) is 65.0 Å². The van der Waals surface area contributed by atoms with Crippen molar-refractivity contribution >= 4 is 17.7 Å². The lowest BCUT2D eigenvalue weighted by Crippen LogP contribution is -2.33. The highest BCUT2D eigenvalue weighted by atomic mass is 32.2. The van der Waals surface area contributed by atoms with Gasteiger partial charge in [-0.25, -0.2) is 8.78 Å². The van der Waals surface area contributed by atoms with Crippen LogP contribution in [0, 0.1) is 18.6 Å². The van der Waals surface area contributed by atoms with E-state index in [1.807, 2.05) is 6.92 Å². The van der Waals surface area contributed by atoms with Gasteiger partial charge in [-0.3, -0.25) is 9.78 Å². The van der Waals surface area contributed by atoms with Crippen molar-refractivity contribution in [3.8, 4) is 0 Å². The number of hydrogen-bond donors (Lipinski definition) is 0. The van der Waals surface area contributed by atoms with Crippen molar-refractivity contribution in [2.24, 2.45) is 0 Å². The number of aryl methyl sites for hydroxylation is 1. The summed E-state index contributed by atoms with van der Waals surface area (Å²) < 4.78 is 27.4. The summed E-state index contributed by atoms with van der Waals surface area (Å²) in [6, 6.07) is 7.07. The second kappa shape index (κ2) is 7.30. The molecule has 0 N–H and O–H groups in total. The Kier molecular flexibility index (Phi) is 5.14. The molecule has 1 fully saturated rings. The van der Waals surface area contributed by atoms with Gasteiger partial charge in [0.15, 0.2) is 0 Å². The van der Waals surface area contributed by atoms with E-state index >= 15 is 0 Å². The van der Waals surface area contributed by atoms with E-state index in [1.54, 1.807) is 35.0 Å². The maximum Gasteiger partial charge on any atom is 0.255 e. The molecule has 2 heterocycles. The molecule has 126 valence electrons. The van der Waals surface area contributed by atoms with Crippen LogP contribution < -0.4 is 0 Å². The molecular weight excluding hydrogens is 330 g/mol. The number of halogens is 2. The molecule has 1 aliphatic heterocycles. The molecule has 3 rings (SSSR count). The van der Waals surface area contributed by atoms with Crippen LogP contribution in [0.25, 0.3) is 0 Å². The Labute approximate surface area is 144 Å². The molecule has 1 atom stereocenters. The number of carbonyl (C=O) groups excluding carboxylic acids is 1. The zero-order valence-electron chi connectivity index (χ0n) is 13.3. The van der Waals surface area contributed by atoms with Gasteiger partial charge in [0.1, 0.15) is 11.6 Å². The third kappa shape index (κ3) is 3.59. The topological polar surface area (TPSA) is 33.2 Å². The molecule has 24 heavy (non-hydrogen) atoms. The van der Waals surface area contributed by atoms with Crippen LogP contribution in [0.15, 0.2) is 36.5 Å². The first-order valence-corrected chi connectivity index (χ1v) is 8.88. The van der Waals surface area contributed by atoms with E-state index in [1.165, 1.54) is 6.07 Å². The highest BCUT2D eigenvalue weighted by Gasteiger charge is 2.25. The largest absolute Gasteiger partial charge is 0.338 e. The van der Waals surface area contributed by atoms with Gasteiger partial charge in [0.05, 0.1) is 5.56 Å². The summed E-state index contributed by atoms with van der Waals surface area (Å²) in [5.41, 5.74) is 1.68. The van der Waals surface area contributed by atoms with Crippen LogP contribution in [0.5, 0.6) is 0 Å². The maximum absolute atomic E-state index is 14.0. The van der Waals surface area contributed by atoms with Crippen LogP contribution in [0.3, 0.4) is 0 Å². The van der Waals surface area contributed by atoms with Gasteiger partial charge >= 0.3 is 0 Å². The summed E-state index contributed by atoms with van der Waals surface area (Å²) in [5.74, 6) is -0.195. The smallest absolute Gasteiger partial charge is 0.255 e. The van der Waals surface area contributed by atoms with E-state index in [9.17, 15) is 13.6 Å². The molecule has 0 unspecified atom stereocenters. The lowest BCUT2D eigenvalue weighted by atomic mass is 10.1. The fourth-order valence-electron chi connectivity index (χ4n) is 2.86. The minimum Gasteiger partial charge on any atom is -0.338 e. The Morgan fingerprint density at radius 2 is 2.12 bits per heavy atom. The fraction of sp³-hybridized carbons (Fsp3) is 0.333. The number of amides is 1. The van der Waals surface area contributed by atoms with Crippen molar-refractivity contribution in [3.63, 3.8) is 0 Å². The van der Waals surface area contributed by atoms with Gasteiger partial charge in [-0.15, -0.1) is 0 Å². The predicted molar refractivity (Wildman–Crippen MR) is 91.1 cm³/mol. The molecule has 1 amide bonds. The van der Waals surface area contributed by atoms with E-state index in [0.717, 1.165) is 12.1 Å². The minimum absolute atomic E-state index is 0.0541. The summed E-state index contributed by atoms with van der Waals surface area (Å²) in [5, 5.41) is -0.145. The lowest BCUT2D eigenvalue weighted by Gasteiger charge is -2.21. The van der Waals surface area contributed by atoms with Gasteiger partial charge < -0.3 is 4.90 Å². The molecular formula is C18H18F2N2OS. The maximum atomic E-state index is 14.0. The van der Waals surface area contributed by atoms with Crippen LogP contribution in [-0.4, -0.2) is 34.6 Å². The number of rotatable bonds is 2. The van der Waals surface area contributed by atoms with Gasteiger partial charge in [-0.1, -0.05) is 0 Å². The lowest BCUT2D eigenvalue weighted by molar-refractivity contribution is 0.0765. The van der Waals surface area contributed by atoms with E-state index < -0.39 is 11.6 Å². The SMILES string of the molecule is Cc1ncccc1C(=O)N1CCS[C@@H](c2cc(F)ccc2F)CC1. The molecule has 2 aromatic rings. The van der Waals surface area contributed by atoms with Gasteiger partial charge in [0, 0.05) is 41.5 Å². The van der Waals surface area contributed by atoms with Crippen LogP contribution in [0.1, 0.15) is 33.3 Å². The zero-order chi connectivity index (χ0) is 17.1. The highest BCUT2D eigenvalue weighted by Crippen LogP contribution is 2.36. The quantitative estimate of drug-likeness (QED) is 0.823. The molecule has 0 saturated carbocycles. The predicted octanol–water partition coefficient (Wildman–Crippen LogP) is 3.99. The molecule has 0 spiro atoms. The molecule has 1 aliphatic rings. The average molecular weight is 348 g/mol. The van der Waals surface area contributed by atoms with E-state index in [-0.39, 0.29) is 11.2 Å². The molecule has 6 heteroatoms. The second-order valence-corrected chi connectivity index (χ2v) is 7.05. The summed E-state index contributed by atoms with van der Waals surface area (Å²) in [7, 11) is 0. The Bertz CT molecular complexity index is 754. The third-order valence-corrected chi connectivity index (χ3v) is 5.48. The van der Waals surface area contributed by atoms with Crippen molar-refractivity contribution in [2.75, 3.05) is 18.8 Å². The molecule has 1 aromatic carbocycles. The molecule has 1 aromatic heterocycles. The molecule has 0 bridgehead atoms. The van der Waals surface area contributed by atoms with Crippen molar-refractivity contribution < 1.29 is 13.6 Å². The Morgan fingerprint density at radius 1 is 1.29 bits per heavy atom. The number of aromatic nitrogens is 1. The van der Waals surface area contributed by atoms with E-state index in [2.05, 4.69) is 4.98 Å². The minimum atomic E-state index is -0.435. The first kappa shape index (κ1) is 16.9. The molecule has 0 aliphatic carbocycles. The number of hydrogen-bond acceptors (Lipinski definition) is 3. The summed E-state index contributed by atoms with van der Waals surface area (Å²) in [6.45, 7) is 2.91. The number of thioether (sulfide) groups is 1. The van der Waals surface area contributed by atoms with Gasteiger partial charge in [0.2, 0.25) is 0 Å². The van der Waals surface area contributed by atoms with E-state index in [0.29, 0.717) is 42.1 Å². The number of nitrogens with zero attached hydrogens (tertiary/aromatic N) is 2. The summed E-state index contributed by atoms with van der Waals surface area (Å²) in [6.07, 6.45) is 2.25. The first-order valence-electron chi connectivity index (χ1n) is 7.83. The summed E-state index contributed by atoms with van der Waals surface area (Å²) in [4.78, 5) is 18.6. The van der Waals surface area contributed by atoms with Crippen molar-refractivity contribution in [1.29, 1.82) is 0 Å². The second-order valence-electron chi connectivity index (χ2n) is 5.74. The van der Waals surface area contributed by atoms with Crippen LogP contribution in [0.2, 0.25) is 0 Å². The number of benzene rings is 1. The first-order chi connectivity index (χ1) is 11.6. The van der Waals surface area contributed by atoms with Crippen LogP contribution in [0.4, 0.5) is 8.78 Å². The van der Waals surface area contributed by atoms with E-state index in [4.69, 9.17) is 0 Å².